The summed E-state index contributed by atoms with van der Waals surface area (Å²) in [6, 6.07) is 13.5. The quantitative estimate of drug-likeness (QED) is 0.722. The molecule has 0 spiro atoms. The van der Waals surface area contributed by atoms with Crippen molar-refractivity contribution in [2.24, 2.45) is 0 Å². The lowest BCUT2D eigenvalue weighted by molar-refractivity contribution is -0.121. The first-order valence-electron chi connectivity index (χ1n) is 7.47. The Hall–Kier alpha value is -1.52. The van der Waals surface area contributed by atoms with Gasteiger partial charge in [0, 0.05) is 9.92 Å². The molecule has 0 heterocycles. The lowest BCUT2D eigenvalue weighted by Crippen LogP contribution is -2.34. The Kier molecular flexibility index (Phi) is 6.48. The van der Waals surface area contributed by atoms with Crippen LogP contribution >= 0.6 is 23.4 Å². The van der Waals surface area contributed by atoms with Gasteiger partial charge in [0.05, 0.1) is 11.3 Å². The van der Waals surface area contributed by atoms with Crippen molar-refractivity contribution in [2.75, 3.05) is 0 Å². The Labute approximate surface area is 145 Å². The van der Waals surface area contributed by atoms with Crippen molar-refractivity contribution in [3.05, 3.63) is 64.9 Å². The average Bonchev–Trinajstić information content (AvgIpc) is 2.54. The van der Waals surface area contributed by atoms with Crippen molar-refractivity contribution in [1.82, 2.24) is 5.32 Å². The fourth-order valence-electron chi connectivity index (χ4n) is 2.14. The Balaban J connectivity index is 1.99. The molecule has 0 saturated heterocycles. The fourth-order valence-corrected chi connectivity index (χ4v) is 3.23. The molecule has 2 atom stereocenters. The highest BCUT2D eigenvalue weighted by molar-refractivity contribution is 8.00. The lowest BCUT2D eigenvalue weighted by atomic mass is 10.1. The van der Waals surface area contributed by atoms with E-state index in [1.807, 2.05) is 38.1 Å². The molecule has 2 nitrogen and oxygen atoms in total. The number of amides is 1. The average molecular weight is 352 g/mol. The summed E-state index contributed by atoms with van der Waals surface area (Å²) in [5, 5.41) is 3.49. The van der Waals surface area contributed by atoms with Crippen molar-refractivity contribution in [1.29, 1.82) is 0 Å². The minimum absolute atomic E-state index is 0.0238. The molecular formula is C18H19ClFNOS. The van der Waals surface area contributed by atoms with Crippen molar-refractivity contribution < 1.29 is 9.18 Å². The van der Waals surface area contributed by atoms with Crippen molar-refractivity contribution >= 4 is 29.3 Å². The molecule has 2 rings (SSSR count). The van der Waals surface area contributed by atoms with Gasteiger partial charge in [-0.2, -0.15) is 0 Å². The number of rotatable bonds is 6. The maximum absolute atomic E-state index is 13.0. The number of benzene rings is 2. The van der Waals surface area contributed by atoms with Crippen LogP contribution in [0, 0.1) is 5.82 Å². The third kappa shape index (κ3) is 5.26. The summed E-state index contributed by atoms with van der Waals surface area (Å²) in [7, 11) is 0. The minimum atomic E-state index is -0.281. The smallest absolute Gasteiger partial charge is 0.233 e. The molecule has 23 heavy (non-hydrogen) atoms. The van der Waals surface area contributed by atoms with Gasteiger partial charge in [0.2, 0.25) is 5.91 Å². The Morgan fingerprint density at radius 3 is 2.35 bits per heavy atom. The zero-order valence-corrected chi connectivity index (χ0v) is 14.6. The molecule has 0 aliphatic carbocycles. The number of carbonyl (C=O) groups excluding carboxylic acids is 1. The topological polar surface area (TPSA) is 29.1 Å². The van der Waals surface area contributed by atoms with Crippen LogP contribution in [0.1, 0.15) is 31.9 Å². The third-order valence-corrected chi connectivity index (χ3v) is 5.11. The Bertz CT molecular complexity index is 645. The van der Waals surface area contributed by atoms with Crippen LogP contribution in [0.4, 0.5) is 4.39 Å². The van der Waals surface area contributed by atoms with Gasteiger partial charge < -0.3 is 5.32 Å². The normalized spacial score (nSPS) is 13.4. The zero-order chi connectivity index (χ0) is 16.8. The highest BCUT2D eigenvalue weighted by Crippen LogP contribution is 2.27. The summed E-state index contributed by atoms with van der Waals surface area (Å²) in [6.07, 6.45) is 0.718. The number of nitrogens with one attached hydrogen (secondary N) is 1. The summed E-state index contributed by atoms with van der Waals surface area (Å²) in [4.78, 5) is 13.5. The second-order valence-corrected chi connectivity index (χ2v) is 6.96. The number of halogens is 2. The van der Waals surface area contributed by atoms with Crippen LogP contribution in [0.25, 0.3) is 0 Å². The minimum Gasteiger partial charge on any atom is -0.349 e. The maximum Gasteiger partial charge on any atom is 0.233 e. The van der Waals surface area contributed by atoms with E-state index >= 15 is 0 Å². The van der Waals surface area contributed by atoms with Gasteiger partial charge in [-0.05, 0) is 55.3 Å². The van der Waals surface area contributed by atoms with Crippen LogP contribution < -0.4 is 5.32 Å². The molecular weight excluding hydrogens is 333 g/mol. The largest absolute Gasteiger partial charge is 0.349 e. The standard InChI is InChI=1S/C18H19ClFNOS/c1-3-17(23-16-10-6-14(19)7-11-16)18(22)21-12(2)13-4-8-15(20)9-5-13/h4-12,17H,3H2,1-2H3,(H,21,22)/t12-,17-/m1/s1. The Morgan fingerprint density at radius 1 is 1.17 bits per heavy atom. The first-order chi connectivity index (χ1) is 11.0. The van der Waals surface area contributed by atoms with Gasteiger partial charge >= 0.3 is 0 Å². The van der Waals surface area contributed by atoms with Crippen LogP contribution in [0.3, 0.4) is 0 Å². The van der Waals surface area contributed by atoms with E-state index in [9.17, 15) is 9.18 Å². The molecule has 2 aromatic rings. The molecule has 0 radical (unpaired) electrons. The molecule has 1 N–H and O–H groups in total. The summed E-state index contributed by atoms with van der Waals surface area (Å²) >= 11 is 7.39. The van der Waals surface area contributed by atoms with Crippen LogP contribution in [-0.2, 0) is 4.79 Å². The predicted octanol–water partition coefficient (Wildman–Crippen LogP) is 5.23. The molecule has 0 fully saturated rings. The molecule has 0 saturated carbocycles. The van der Waals surface area contributed by atoms with Crippen LogP contribution in [0.2, 0.25) is 5.02 Å². The van der Waals surface area contributed by atoms with Crippen molar-refractivity contribution in [3.63, 3.8) is 0 Å². The van der Waals surface area contributed by atoms with E-state index < -0.39 is 0 Å². The van der Waals surface area contributed by atoms with E-state index in [1.54, 1.807) is 12.1 Å². The molecule has 0 aliphatic heterocycles. The van der Waals surface area contributed by atoms with Gasteiger partial charge in [-0.25, -0.2) is 4.39 Å². The Morgan fingerprint density at radius 2 is 1.78 bits per heavy atom. The fraction of sp³-hybridized carbons (Fsp3) is 0.278. The van der Waals surface area contributed by atoms with Crippen molar-refractivity contribution in [2.45, 2.75) is 36.5 Å². The third-order valence-electron chi connectivity index (χ3n) is 3.48. The molecule has 5 heteroatoms. The number of hydrogen-bond donors (Lipinski definition) is 1. The van der Waals surface area contributed by atoms with E-state index in [0.29, 0.717) is 5.02 Å². The summed E-state index contributed by atoms with van der Waals surface area (Å²) in [5.74, 6) is -0.304. The van der Waals surface area contributed by atoms with Gasteiger partial charge in [-0.1, -0.05) is 30.7 Å². The summed E-state index contributed by atoms with van der Waals surface area (Å²) in [5.41, 5.74) is 0.881. The monoisotopic (exact) mass is 351 g/mol. The van der Waals surface area contributed by atoms with E-state index in [2.05, 4.69) is 5.32 Å². The molecule has 2 aromatic carbocycles. The summed E-state index contributed by atoms with van der Waals surface area (Å²) < 4.78 is 13.0. The SMILES string of the molecule is CC[C@@H](Sc1ccc(Cl)cc1)C(=O)N[C@H](C)c1ccc(F)cc1. The number of thioether (sulfide) groups is 1. The number of hydrogen-bond acceptors (Lipinski definition) is 2. The van der Waals surface area contributed by atoms with E-state index in [-0.39, 0.29) is 23.0 Å². The second-order valence-electron chi connectivity index (χ2n) is 5.25. The predicted molar refractivity (Wildman–Crippen MR) is 94.3 cm³/mol. The van der Waals surface area contributed by atoms with Gasteiger partial charge in [0.1, 0.15) is 5.82 Å². The molecule has 0 aliphatic rings. The summed E-state index contributed by atoms with van der Waals surface area (Å²) in [6.45, 7) is 3.88. The van der Waals surface area contributed by atoms with Gasteiger partial charge in [-0.3, -0.25) is 4.79 Å². The van der Waals surface area contributed by atoms with Crippen LogP contribution in [-0.4, -0.2) is 11.2 Å². The first-order valence-corrected chi connectivity index (χ1v) is 8.73. The van der Waals surface area contributed by atoms with E-state index in [1.165, 1.54) is 23.9 Å². The molecule has 122 valence electrons. The molecule has 0 unspecified atom stereocenters. The zero-order valence-electron chi connectivity index (χ0n) is 13.1. The first kappa shape index (κ1) is 17.8. The number of carbonyl (C=O) groups is 1. The van der Waals surface area contributed by atoms with Gasteiger partial charge in [0.25, 0.3) is 0 Å². The van der Waals surface area contributed by atoms with Crippen LogP contribution in [0.15, 0.2) is 53.4 Å². The second kappa shape index (κ2) is 8.37. The van der Waals surface area contributed by atoms with Gasteiger partial charge in [0.15, 0.2) is 0 Å². The maximum atomic E-state index is 13.0. The van der Waals surface area contributed by atoms with Gasteiger partial charge in [-0.15, -0.1) is 11.8 Å². The molecule has 0 bridgehead atoms. The van der Waals surface area contributed by atoms with Crippen LogP contribution in [0.5, 0.6) is 0 Å². The van der Waals surface area contributed by atoms with E-state index in [4.69, 9.17) is 11.6 Å². The van der Waals surface area contributed by atoms with E-state index in [0.717, 1.165) is 16.9 Å². The highest BCUT2D eigenvalue weighted by atomic mass is 35.5. The highest BCUT2D eigenvalue weighted by Gasteiger charge is 2.20. The van der Waals surface area contributed by atoms with Crippen molar-refractivity contribution in [3.8, 4) is 0 Å². The molecule has 0 aromatic heterocycles. The lowest BCUT2D eigenvalue weighted by Gasteiger charge is -2.19. The molecule has 1 amide bonds.